The van der Waals surface area contributed by atoms with Gasteiger partial charge in [-0.3, -0.25) is 25.8 Å². The number of carbonyl (C=O) groups excluding carboxylic acids is 3. The number of ether oxygens (including phenoxy) is 3. The SMILES string of the molecule is CCCOC(=O)c1ccc(OCC(=O)NNC(=S)NC(=O)c2ccccc2OCCC)cc1. The van der Waals surface area contributed by atoms with Gasteiger partial charge in [-0.15, -0.1) is 0 Å². The van der Waals surface area contributed by atoms with E-state index in [4.69, 9.17) is 26.4 Å². The van der Waals surface area contributed by atoms with Crippen LogP contribution in [0.15, 0.2) is 48.5 Å². The standard InChI is InChI=1S/C23H27N3O6S/c1-3-13-30-19-8-6-5-7-18(19)21(28)24-23(33)26-25-20(27)15-32-17-11-9-16(10-12-17)22(29)31-14-4-2/h5-12H,3-4,13-15H2,1-2H3,(H,25,27)(H2,24,26,28,33). The zero-order chi connectivity index (χ0) is 24.1. The van der Waals surface area contributed by atoms with Gasteiger partial charge in [0.1, 0.15) is 11.5 Å². The molecule has 176 valence electrons. The Morgan fingerprint density at radius 3 is 2.27 bits per heavy atom. The highest BCUT2D eigenvalue weighted by Crippen LogP contribution is 2.18. The van der Waals surface area contributed by atoms with Crippen LogP contribution in [0.2, 0.25) is 0 Å². The van der Waals surface area contributed by atoms with Crippen LogP contribution in [0.3, 0.4) is 0 Å². The molecule has 0 saturated heterocycles. The van der Waals surface area contributed by atoms with Gasteiger partial charge in [-0.2, -0.15) is 0 Å². The second-order valence-electron chi connectivity index (χ2n) is 6.75. The number of amides is 2. The Bertz CT molecular complexity index is 965. The summed E-state index contributed by atoms with van der Waals surface area (Å²) in [6, 6.07) is 13.0. The lowest BCUT2D eigenvalue weighted by Gasteiger charge is -2.13. The van der Waals surface area contributed by atoms with Crippen LogP contribution in [-0.4, -0.2) is 42.7 Å². The number of nitrogens with one attached hydrogen (secondary N) is 3. The van der Waals surface area contributed by atoms with Crippen LogP contribution in [-0.2, 0) is 9.53 Å². The Morgan fingerprint density at radius 2 is 1.58 bits per heavy atom. The number of rotatable bonds is 10. The van der Waals surface area contributed by atoms with Gasteiger partial charge in [0.05, 0.1) is 24.3 Å². The fourth-order valence-electron chi connectivity index (χ4n) is 2.47. The van der Waals surface area contributed by atoms with E-state index in [2.05, 4.69) is 16.2 Å². The molecule has 0 unspecified atom stereocenters. The zero-order valence-electron chi connectivity index (χ0n) is 18.5. The molecule has 0 aliphatic heterocycles. The largest absolute Gasteiger partial charge is 0.493 e. The van der Waals surface area contributed by atoms with Crippen molar-refractivity contribution < 1.29 is 28.6 Å². The first kappa shape index (κ1) is 25.6. The van der Waals surface area contributed by atoms with Crippen molar-refractivity contribution >= 4 is 35.1 Å². The van der Waals surface area contributed by atoms with Gasteiger partial charge in [-0.05, 0) is 61.5 Å². The highest BCUT2D eigenvalue weighted by Gasteiger charge is 2.14. The summed E-state index contributed by atoms with van der Waals surface area (Å²) in [6.45, 7) is 4.40. The molecular formula is C23H27N3O6S. The number of hydrogen-bond donors (Lipinski definition) is 3. The molecule has 0 bridgehead atoms. The third-order valence-electron chi connectivity index (χ3n) is 4.03. The van der Waals surface area contributed by atoms with Crippen LogP contribution in [0.5, 0.6) is 11.5 Å². The molecule has 0 aliphatic carbocycles. The zero-order valence-corrected chi connectivity index (χ0v) is 19.3. The maximum atomic E-state index is 12.4. The number of hydrogen-bond acceptors (Lipinski definition) is 7. The van der Waals surface area contributed by atoms with Crippen molar-refractivity contribution in [1.82, 2.24) is 16.2 Å². The molecule has 0 fully saturated rings. The molecule has 0 atom stereocenters. The summed E-state index contributed by atoms with van der Waals surface area (Å²) < 4.78 is 16.0. The second kappa shape index (κ2) is 13.7. The van der Waals surface area contributed by atoms with Crippen LogP contribution in [0.25, 0.3) is 0 Å². The predicted octanol–water partition coefficient (Wildman–Crippen LogP) is 2.76. The van der Waals surface area contributed by atoms with E-state index in [9.17, 15) is 14.4 Å². The van der Waals surface area contributed by atoms with Gasteiger partial charge in [0.15, 0.2) is 11.7 Å². The minimum atomic E-state index is -0.523. The Balaban J connectivity index is 1.75. The van der Waals surface area contributed by atoms with E-state index in [0.717, 1.165) is 12.8 Å². The number of esters is 1. The molecule has 0 aromatic heterocycles. The molecule has 0 spiro atoms. The molecule has 0 heterocycles. The second-order valence-corrected chi connectivity index (χ2v) is 7.16. The van der Waals surface area contributed by atoms with Crippen molar-refractivity contribution in [3.63, 3.8) is 0 Å². The van der Waals surface area contributed by atoms with E-state index in [0.29, 0.717) is 35.8 Å². The maximum Gasteiger partial charge on any atom is 0.338 e. The molecule has 2 rings (SSSR count). The van der Waals surface area contributed by atoms with Crippen LogP contribution < -0.4 is 25.6 Å². The molecule has 0 aliphatic rings. The lowest BCUT2D eigenvalue weighted by molar-refractivity contribution is -0.123. The molecule has 0 saturated carbocycles. The van der Waals surface area contributed by atoms with Crippen LogP contribution in [0.1, 0.15) is 47.4 Å². The van der Waals surface area contributed by atoms with Crippen molar-refractivity contribution in [3.05, 3.63) is 59.7 Å². The number of hydrazine groups is 1. The summed E-state index contributed by atoms with van der Waals surface area (Å²) in [7, 11) is 0. The van der Waals surface area contributed by atoms with Gasteiger partial charge < -0.3 is 14.2 Å². The Kier molecular flexibility index (Phi) is 10.6. The average Bonchev–Trinajstić information content (AvgIpc) is 2.83. The molecule has 0 radical (unpaired) electrons. The number of para-hydroxylation sites is 1. The van der Waals surface area contributed by atoms with Crippen molar-refractivity contribution in [2.45, 2.75) is 26.7 Å². The van der Waals surface area contributed by atoms with E-state index >= 15 is 0 Å². The summed E-state index contributed by atoms with van der Waals surface area (Å²) >= 11 is 5.04. The minimum absolute atomic E-state index is 0.0893. The van der Waals surface area contributed by atoms with Crippen molar-refractivity contribution in [2.75, 3.05) is 19.8 Å². The van der Waals surface area contributed by atoms with Gasteiger partial charge in [0.2, 0.25) is 0 Å². The van der Waals surface area contributed by atoms with E-state index in [-0.39, 0.29) is 11.7 Å². The lowest BCUT2D eigenvalue weighted by Crippen LogP contribution is -2.49. The lowest BCUT2D eigenvalue weighted by atomic mass is 10.2. The van der Waals surface area contributed by atoms with Gasteiger partial charge >= 0.3 is 5.97 Å². The Labute approximate surface area is 197 Å². The number of carbonyl (C=O) groups is 3. The summed E-state index contributed by atoms with van der Waals surface area (Å²) in [6.07, 6.45) is 1.55. The smallest absolute Gasteiger partial charge is 0.338 e. The minimum Gasteiger partial charge on any atom is -0.493 e. The first-order chi connectivity index (χ1) is 15.9. The van der Waals surface area contributed by atoms with Gasteiger partial charge in [-0.1, -0.05) is 26.0 Å². The van der Waals surface area contributed by atoms with Crippen LogP contribution in [0, 0.1) is 0 Å². The third kappa shape index (κ3) is 8.77. The molecule has 2 amide bonds. The van der Waals surface area contributed by atoms with Gasteiger partial charge in [0, 0.05) is 0 Å². The molecule has 2 aromatic rings. The predicted molar refractivity (Wildman–Crippen MR) is 126 cm³/mol. The highest BCUT2D eigenvalue weighted by atomic mass is 32.1. The van der Waals surface area contributed by atoms with Crippen molar-refractivity contribution in [1.29, 1.82) is 0 Å². The summed E-state index contributed by atoms with van der Waals surface area (Å²) in [5, 5.41) is 2.39. The van der Waals surface area contributed by atoms with E-state index in [1.165, 1.54) is 0 Å². The number of benzene rings is 2. The summed E-state index contributed by atoms with van der Waals surface area (Å²) in [5.41, 5.74) is 5.50. The molecule has 33 heavy (non-hydrogen) atoms. The first-order valence-corrected chi connectivity index (χ1v) is 10.9. The van der Waals surface area contributed by atoms with Crippen LogP contribution >= 0.6 is 12.2 Å². The summed E-state index contributed by atoms with van der Waals surface area (Å²) in [4.78, 5) is 36.2. The Hall–Kier alpha value is -3.66. The molecular weight excluding hydrogens is 446 g/mol. The van der Waals surface area contributed by atoms with E-state index in [1.807, 2.05) is 13.8 Å². The fourth-order valence-corrected chi connectivity index (χ4v) is 2.61. The molecule has 9 nitrogen and oxygen atoms in total. The Morgan fingerprint density at radius 1 is 0.879 bits per heavy atom. The summed E-state index contributed by atoms with van der Waals surface area (Å²) in [5.74, 6) is -0.564. The average molecular weight is 474 g/mol. The monoisotopic (exact) mass is 473 g/mol. The van der Waals surface area contributed by atoms with Gasteiger partial charge in [-0.25, -0.2) is 4.79 Å². The first-order valence-electron chi connectivity index (χ1n) is 10.5. The van der Waals surface area contributed by atoms with Gasteiger partial charge in [0.25, 0.3) is 11.8 Å². The number of thiocarbonyl (C=S) groups is 1. The normalized spacial score (nSPS) is 10.0. The fraction of sp³-hybridized carbons (Fsp3) is 0.304. The highest BCUT2D eigenvalue weighted by molar-refractivity contribution is 7.80. The maximum absolute atomic E-state index is 12.4. The van der Waals surface area contributed by atoms with E-state index in [1.54, 1.807) is 48.5 Å². The molecule has 10 heteroatoms. The topological polar surface area (TPSA) is 115 Å². The van der Waals surface area contributed by atoms with Crippen molar-refractivity contribution in [2.24, 2.45) is 0 Å². The van der Waals surface area contributed by atoms with Crippen LogP contribution in [0.4, 0.5) is 0 Å². The third-order valence-corrected chi connectivity index (χ3v) is 4.24. The molecule has 3 N–H and O–H groups in total. The van der Waals surface area contributed by atoms with Crippen molar-refractivity contribution in [3.8, 4) is 11.5 Å². The molecule has 2 aromatic carbocycles. The van der Waals surface area contributed by atoms with E-state index < -0.39 is 17.8 Å². The quantitative estimate of drug-likeness (QED) is 0.274.